The van der Waals surface area contributed by atoms with Gasteiger partial charge in [0.1, 0.15) is 6.04 Å². The summed E-state index contributed by atoms with van der Waals surface area (Å²) >= 11 is 1.57. The van der Waals surface area contributed by atoms with Gasteiger partial charge in [0.15, 0.2) is 0 Å². The maximum absolute atomic E-state index is 13.1. The molecule has 2 atom stereocenters. The van der Waals surface area contributed by atoms with Crippen LogP contribution < -0.4 is 16.0 Å². The predicted molar refractivity (Wildman–Crippen MR) is 149 cm³/mol. The number of thioether (sulfide) groups is 1. The summed E-state index contributed by atoms with van der Waals surface area (Å²) in [6.45, 7) is 18.7. The second-order valence-electron chi connectivity index (χ2n) is 12.7. The Morgan fingerprint density at radius 3 is 2.05 bits per heavy atom. The molecular weight excluding hydrogens is 494 g/mol. The molecule has 0 rings (SSSR count). The van der Waals surface area contributed by atoms with E-state index in [2.05, 4.69) is 57.5 Å². The van der Waals surface area contributed by atoms with E-state index in [0.29, 0.717) is 25.1 Å². The van der Waals surface area contributed by atoms with Crippen LogP contribution in [0.1, 0.15) is 88.0 Å². The van der Waals surface area contributed by atoms with E-state index in [0.717, 1.165) is 12.2 Å². The molecule has 0 aliphatic carbocycles. The SMILES string of the molecule is CC(CCNC(=O)CCC(C)(C)C)OCC(C)(C)C(=O)N[C@@H](CSCC(C)(C)C)C(=O)NCCC(=O)O. The van der Waals surface area contributed by atoms with Crippen LogP contribution >= 0.6 is 11.8 Å². The largest absolute Gasteiger partial charge is 0.481 e. The molecule has 3 amide bonds. The number of nitrogens with one attached hydrogen (secondary N) is 3. The Bertz CT molecular complexity index is 743. The molecule has 0 heterocycles. The molecule has 9 nitrogen and oxygen atoms in total. The van der Waals surface area contributed by atoms with E-state index in [1.54, 1.807) is 25.6 Å². The molecule has 0 aromatic heterocycles. The number of hydrogen-bond donors (Lipinski definition) is 4. The van der Waals surface area contributed by atoms with Crippen molar-refractivity contribution in [2.45, 2.75) is 100 Å². The number of aliphatic carboxylic acids is 1. The highest BCUT2D eigenvalue weighted by Gasteiger charge is 2.32. The monoisotopic (exact) mass is 545 g/mol. The average Bonchev–Trinajstić information content (AvgIpc) is 2.74. The minimum Gasteiger partial charge on any atom is -0.481 e. The summed E-state index contributed by atoms with van der Waals surface area (Å²) in [5.41, 5.74) is -0.712. The third-order valence-corrected chi connectivity index (χ3v) is 7.04. The molecule has 4 N–H and O–H groups in total. The van der Waals surface area contributed by atoms with Gasteiger partial charge in [-0.05, 0) is 50.2 Å². The van der Waals surface area contributed by atoms with Crippen LogP contribution in [0.5, 0.6) is 0 Å². The summed E-state index contributed by atoms with van der Waals surface area (Å²) in [5, 5.41) is 17.2. The molecule has 216 valence electrons. The average molecular weight is 546 g/mol. The van der Waals surface area contributed by atoms with Gasteiger partial charge in [0.2, 0.25) is 17.7 Å². The zero-order valence-corrected chi connectivity index (χ0v) is 25.2. The van der Waals surface area contributed by atoms with Gasteiger partial charge in [0.25, 0.3) is 0 Å². The molecule has 0 aromatic carbocycles. The van der Waals surface area contributed by atoms with Crippen molar-refractivity contribution in [1.29, 1.82) is 0 Å². The molecule has 0 bridgehead atoms. The molecule has 0 fully saturated rings. The lowest BCUT2D eigenvalue weighted by atomic mass is 9.90. The van der Waals surface area contributed by atoms with Crippen molar-refractivity contribution in [1.82, 2.24) is 16.0 Å². The standard InChI is InChI=1S/C27H51N3O6S/c1-19(11-14-28-21(31)10-13-25(2,3)4)36-17-27(8,9)24(35)30-20(16-37-18-26(5,6)7)23(34)29-15-12-22(32)33/h19-20H,10-18H2,1-9H3,(H,28,31)(H,29,34)(H,30,35)(H,32,33)/t19?,20-/m0/s1. The van der Waals surface area contributed by atoms with Gasteiger partial charge in [0.05, 0.1) is 24.5 Å². The molecule has 0 saturated heterocycles. The highest BCUT2D eigenvalue weighted by Crippen LogP contribution is 2.22. The van der Waals surface area contributed by atoms with Gasteiger partial charge < -0.3 is 25.8 Å². The van der Waals surface area contributed by atoms with Crippen molar-refractivity contribution >= 4 is 35.5 Å². The normalized spacial score (nSPS) is 14.0. The summed E-state index contributed by atoms with van der Waals surface area (Å²) in [6.07, 6.45) is 1.59. The number of carbonyl (C=O) groups excluding carboxylic acids is 3. The van der Waals surface area contributed by atoms with Crippen molar-refractivity contribution in [2.75, 3.05) is 31.2 Å². The summed E-state index contributed by atoms with van der Waals surface area (Å²) < 4.78 is 5.90. The Labute approximate surface area is 228 Å². The smallest absolute Gasteiger partial charge is 0.305 e. The fourth-order valence-corrected chi connectivity index (χ4v) is 4.13. The fraction of sp³-hybridized carbons (Fsp3) is 0.852. The minimum absolute atomic E-state index is 0.00123. The van der Waals surface area contributed by atoms with E-state index in [4.69, 9.17) is 9.84 Å². The molecule has 0 aromatic rings. The number of carbonyl (C=O) groups is 4. The zero-order valence-electron chi connectivity index (χ0n) is 24.4. The van der Waals surface area contributed by atoms with Gasteiger partial charge in [-0.3, -0.25) is 19.2 Å². The number of ether oxygens (including phenoxy) is 1. The number of rotatable bonds is 17. The molecule has 0 aliphatic heterocycles. The first kappa shape index (κ1) is 35.2. The highest BCUT2D eigenvalue weighted by molar-refractivity contribution is 7.99. The van der Waals surface area contributed by atoms with Crippen molar-refractivity contribution in [3.63, 3.8) is 0 Å². The molecular formula is C27H51N3O6S. The van der Waals surface area contributed by atoms with Crippen LogP contribution in [0.2, 0.25) is 0 Å². The molecule has 37 heavy (non-hydrogen) atoms. The lowest BCUT2D eigenvalue weighted by Gasteiger charge is -2.28. The van der Waals surface area contributed by atoms with Gasteiger partial charge >= 0.3 is 5.97 Å². The number of amides is 3. The van der Waals surface area contributed by atoms with Gasteiger partial charge in [-0.2, -0.15) is 11.8 Å². The quantitative estimate of drug-likeness (QED) is 0.219. The summed E-state index contributed by atoms with van der Waals surface area (Å²) in [7, 11) is 0. The maximum Gasteiger partial charge on any atom is 0.305 e. The van der Waals surface area contributed by atoms with Crippen LogP contribution in [-0.2, 0) is 23.9 Å². The van der Waals surface area contributed by atoms with E-state index in [-0.39, 0.29) is 48.3 Å². The fourth-order valence-electron chi connectivity index (χ4n) is 2.93. The first-order chi connectivity index (χ1) is 16.8. The second-order valence-corrected chi connectivity index (χ2v) is 13.8. The summed E-state index contributed by atoms with van der Waals surface area (Å²) in [4.78, 5) is 48.5. The van der Waals surface area contributed by atoms with Crippen LogP contribution in [0.25, 0.3) is 0 Å². The Morgan fingerprint density at radius 2 is 1.51 bits per heavy atom. The first-order valence-electron chi connectivity index (χ1n) is 13.1. The molecule has 0 aliphatic rings. The number of hydrogen-bond acceptors (Lipinski definition) is 6. The maximum atomic E-state index is 13.1. The summed E-state index contributed by atoms with van der Waals surface area (Å²) in [6, 6.07) is -0.784. The lowest BCUT2D eigenvalue weighted by Crippen LogP contribution is -2.53. The highest BCUT2D eigenvalue weighted by atomic mass is 32.2. The second kappa shape index (κ2) is 16.2. The van der Waals surface area contributed by atoms with Crippen molar-refractivity contribution in [3.05, 3.63) is 0 Å². The van der Waals surface area contributed by atoms with Gasteiger partial charge in [-0.15, -0.1) is 0 Å². The molecule has 0 saturated carbocycles. The van der Waals surface area contributed by atoms with Gasteiger partial charge in [-0.25, -0.2) is 0 Å². The van der Waals surface area contributed by atoms with E-state index in [1.807, 2.05) is 6.92 Å². The van der Waals surface area contributed by atoms with Crippen LogP contribution in [0, 0.1) is 16.2 Å². The lowest BCUT2D eigenvalue weighted by molar-refractivity contribution is -0.138. The molecule has 10 heteroatoms. The molecule has 1 unspecified atom stereocenters. The van der Waals surface area contributed by atoms with Crippen LogP contribution in [-0.4, -0.2) is 72.1 Å². The topological polar surface area (TPSA) is 134 Å². The predicted octanol–water partition coefficient (Wildman–Crippen LogP) is 3.61. The van der Waals surface area contributed by atoms with Crippen LogP contribution in [0.4, 0.5) is 0 Å². The Kier molecular flexibility index (Phi) is 15.4. The number of carboxylic acid groups (broad SMARTS) is 1. The molecule has 0 spiro atoms. The van der Waals surface area contributed by atoms with E-state index < -0.39 is 23.3 Å². The van der Waals surface area contributed by atoms with Crippen LogP contribution in [0.15, 0.2) is 0 Å². The zero-order chi connectivity index (χ0) is 28.9. The minimum atomic E-state index is -1.00. The van der Waals surface area contributed by atoms with Crippen LogP contribution in [0.3, 0.4) is 0 Å². The third-order valence-electron chi connectivity index (χ3n) is 5.40. The third kappa shape index (κ3) is 19.0. The van der Waals surface area contributed by atoms with E-state index in [9.17, 15) is 19.2 Å². The van der Waals surface area contributed by atoms with E-state index >= 15 is 0 Å². The van der Waals surface area contributed by atoms with Crippen molar-refractivity contribution < 1.29 is 29.0 Å². The van der Waals surface area contributed by atoms with Gasteiger partial charge in [-0.1, -0.05) is 41.5 Å². The first-order valence-corrected chi connectivity index (χ1v) is 14.2. The van der Waals surface area contributed by atoms with E-state index in [1.165, 1.54) is 0 Å². The van der Waals surface area contributed by atoms with Crippen molar-refractivity contribution in [2.24, 2.45) is 16.2 Å². The summed E-state index contributed by atoms with van der Waals surface area (Å²) in [5.74, 6) is -0.505. The Balaban J connectivity index is 4.77. The molecule has 0 radical (unpaired) electrons. The Hall–Kier alpha value is -1.81. The van der Waals surface area contributed by atoms with Gasteiger partial charge in [0, 0.05) is 25.3 Å². The Morgan fingerprint density at radius 1 is 0.892 bits per heavy atom. The number of carboxylic acids is 1. The van der Waals surface area contributed by atoms with Crippen molar-refractivity contribution in [3.8, 4) is 0 Å².